The number of carbonyl (C=O) groups is 1. The van der Waals surface area contributed by atoms with E-state index in [9.17, 15) is 4.79 Å². The third kappa shape index (κ3) is 6.88. The summed E-state index contributed by atoms with van der Waals surface area (Å²) in [7, 11) is 4.00. The summed E-state index contributed by atoms with van der Waals surface area (Å²) in [5.74, 6) is -0.207. The number of allylic oxidation sites excluding steroid dienone is 4. The number of H-pyrrole nitrogens is 1. The Morgan fingerprint density at radius 3 is 2.56 bits per heavy atom. The average Bonchev–Trinajstić information content (AvgIpc) is 3.29. The van der Waals surface area contributed by atoms with Gasteiger partial charge in [0.2, 0.25) is 0 Å². The number of likely N-dealkylation sites (tertiary alicyclic amines) is 1. The highest BCUT2D eigenvalue weighted by molar-refractivity contribution is 6.06. The molecule has 3 aromatic rings. The average molecular weight is 554 g/mol. The highest BCUT2D eigenvalue weighted by Gasteiger charge is 2.34. The van der Waals surface area contributed by atoms with E-state index in [1.54, 1.807) is 6.20 Å². The highest BCUT2D eigenvalue weighted by atomic mass is 16.1. The lowest BCUT2D eigenvalue weighted by molar-refractivity contribution is 0.0399. The first-order valence-electron chi connectivity index (χ1n) is 14.6. The summed E-state index contributed by atoms with van der Waals surface area (Å²) >= 11 is 0. The molecule has 3 N–H and O–H groups in total. The molecule has 5 rings (SSSR count). The molecule has 1 aliphatic heterocycles. The van der Waals surface area contributed by atoms with Crippen molar-refractivity contribution in [2.24, 2.45) is 5.41 Å². The number of nitrogens with zero attached hydrogens (tertiary/aromatic N) is 4. The van der Waals surface area contributed by atoms with Crippen molar-refractivity contribution < 1.29 is 4.79 Å². The van der Waals surface area contributed by atoms with E-state index in [2.05, 4.69) is 63.4 Å². The van der Waals surface area contributed by atoms with Crippen LogP contribution in [-0.4, -0.2) is 64.4 Å². The Kier molecular flexibility index (Phi) is 8.31. The van der Waals surface area contributed by atoms with Crippen molar-refractivity contribution in [1.82, 2.24) is 24.8 Å². The maximum atomic E-state index is 13.3. The monoisotopic (exact) mass is 553 g/mol. The molecular formula is C33H43N7O. The molecule has 0 unspecified atom stereocenters. The summed E-state index contributed by atoms with van der Waals surface area (Å²) in [6, 6.07) is 5.92. The number of rotatable bonds is 10. The van der Waals surface area contributed by atoms with Gasteiger partial charge in [-0.1, -0.05) is 26.8 Å². The molecular weight excluding hydrogens is 510 g/mol. The molecule has 0 radical (unpaired) electrons. The van der Waals surface area contributed by atoms with Crippen LogP contribution in [0.4, 0.5) is 11.4 Å². The van der Waals surface area contributed by atoms with Crippen LogP contribution in [0.25, 0.3) is 16.6 Å². The Balaban J connectivity index is 1.31. The van der Waals surface area contributed by atoms with Crippen LogP contribution in [0, 0.1) is 12.3 Å². The van der Waals surface area contributed by atoms with Crippen LogP contribution < -0.4 is 10.6 Å². The number of aromatic nitrogens is 3. The van der Waals surface area contributed by atoms with Crippen molar-refractivity contribution in [3.05, 3.63) is 77.2 Å². The van der Waals surface area contributed by atoms with Crippen molar-refractivity contribution >= 4 is 33.9 Å². The number of anilines is 2. The Labute approximate surface area is 243 Å². The fourth-order valence-electron chi connectivity index (χ4n) is 5.50. The summed E-state index contributed by atoms with van der Waals surface area (Å²) in [5.41, 5.74) is 8.86. The van der Waals surface area contributed by atoms with Gasteiger partial charge in [0.25, 0.3) is 5.91 Å². The van der Waals surface area contributed by atoms with Gasteiger partial charge in [0.15, 0.2) is 0 Å². The van der Waals surface area contributed by atoms with Crippen molar-refractivity contribution in [1.29, 1.82) is 0 Å². The predicted octanol–water partition coefficient (Wildman–Crippen LogP) is 6.58. The molecule has 3 aromatic heterocycles. The standard InChI is InChI=1S/C33H43N7O/c1-7-9-23(12-13-39(5)6)29-15-25-14-26(17-35-31(25)37-29)32(41)38-28-16-27(18-34-22(28)2)36-30(24-10-8-11-24)19-40-20-33(3,4)21-40/h9,12-18,36H,7-8,10-11,19-21H2,1-6H3,(H,35,37)(H,38,41)/b13-12-,23-9+. The molecule has 1 amide bonds. The van der Waals surface area contributed by atoms with Crippen molar-refractivity contribution in [2.75, 3.05) is 44.4 Å². The summed E-state index contributed by atoms with van der Waals surface area (Å²) in [6.45, 7) is 11.8. The highest BCUT2D eigenvalue weighted by Crippen LogP contribution is 2.34. The van der Waals surface area contributed by atoms with Gasteiger partial charge in [-0.15, -0.1) is 0 Å². The normalized spacial score (nSPS) is 16.9. The number of carbonyl (C=O) groups excluding carboxylic acids is 1. The second kappa shape index (κ2) is 11.9. The first kappa shape index (κ1) is 28.6. The maximum Gasteiger partial charge on any atom is 0.257 e. The smallest absolute Gasteiger partial charge is 0.257 e. The van der Waals surface area contributed by atoms with E-state index in [0.717, 1.165) is 72.6 Å². The summed E-state index contributed by atoms with van der Waals surface area (Å²) in [5, 5.41) is 7.61. The summed E-state index contributed by atoms with van der Waals surface area (Å²) < 4.78 is 0. The molecule has 2 aliphatic rings. The second-order valence-electron chi connectivity index (χ2n) is 12.4. The van der Waals surface area contributed by atoms with Gasteiger partial charge in [0.05, 0.1) is 28.8 Å². The molecule has 8 nitrogen and oxygen atoms in total. The lowest BCUT2D eigenvalue weighted by atomic mass is 9.83. The molecule has 0 atom stereocenters. The number of hydrogen-bond donors (Lipinski definition) is 3. The minimum atomic E-state index is -0.207. The zero-order valence-corrected chi connectivity index (χ0v) is 25.3. The van der Waals surface area contributed by atoms with E-state index in [1.165, 1.54) is 17.7 Å². The van der Waals surface area contributed by atoms with Crippen LogP contribution in [0.2, 0.25) is 0 Å². The van der Waals surface area contributed by atoms with E-state index in [0.29, 0.717) is 16.7 Å². The third-order valence-corrected chi connectivity index (χ3v) is 7.72. The topological polar surface area (TPSA) is 89.2 Å². The Bertz CT molecular complexity index is 1510. The number of amides is 1. The number of fused-ring (bicyclic) bond motifs is 1. The first-order valence-corrected chi connectivity index (χ1v) is 14.6. The summed E-state index contributed by atoms with van der Waals surface area (Å²) in [4.78, 5) is 30.4. The SMILES string of the molecule is CC/C=C(\C=C/N(C)C)c1cc2cc(C(=O)Nc3cc(NC(CN4CC(C)(C)C4)=C4CCC4)cnc3C)cnc2[nH]1. The number of pyridine rings is 2. The van der Waals surface area contributed by atoms with Crippen LogP contribution >= 0.6 is 0 Å². The first-order chi connectivity index (χ1) is 19.6. The molecule has 1 saturated heterocycles. The molecule has 8 heteroatoms. The molecule has 0 aromatic carbocycles. The van der Waals surface area contributed by atoms with E-state index in [1.807, 2.05) is 56.5 Å². The molecule has 0 bridgehead atoms. The lowest BCUT2D eigenvalue weighted by Crippen LogP contribution is -2.53. The molecule has 1 saturated carbocycles. The number of aryl methyl sites for hydroxylation is 1. The Morgan fingerprint density at radius 2 is 1.90 bits per heavy atom. The van der Waals surface area contributed by atoms with Crippen LogP contribution in [0.1, 0.15) is 68.2 Å². The van der Waals surface area contributed by atoms with Crippen LogP contribution in [0.5, 0.6) is 0 Å². The fourth-order valence-corrected chi connectivity index (χ4v) is 5.50. The number of nitrogens with one attached hydrogen (secondary N) is 3. The van der Waals surface area contributed by atoms with Gasteiger partial charge in [0.1, 0.15) is 5.65 Å². The molecule has 4 heterocycles. The van der Waals surface area contributed by atoms with E-state index in [-0.39, 0.29) is 5.91 Å². The lowest BCUT2D eigenvalue weighted by Gasteiger charge is -2.46. The van der Waals surface area contributed by atoms with Gasteiger partial charge in [-0.25, -0.2) is 4.98 Å². The van der Waals surface area contributed by atoms with Crippen LogP contribution in [0.3, 0.4) is 0 Å². The maximum absolute atomic E-state index is 13.3. The molecule has 2 fully saturated rings. The van der Waals surface area contributed by atoms with Crippen molar-refractivity contribution in [2.45, 2.75) is 53.4 Å². The Hall–Kier alpha value is -3.91. The second-order valence-corrected chi connectivity index (χ2v) is 12.4. The van der Waals surface area contributed by atoms with Crippen molar-refractivity contribution in [3.63, 3.8) is 0 Å². The van der Waals surface area contributed by atoms with E-state index in [4.69, 9.17) is 0 Å². The number of aromatic amines is 1. The quantitative estimate of drug-likeness (QED) is 0.246. The number of hydrogen-bond acceptors (Lipinski definition) is 6. The molecule has 1 aliphatic carbocycles. The molecule has 41 heavy (non-hydrogen) atoms. The van der Waals surface area contributed by atoms with Gasteiger partial charge < -0.3 is 20.5 Å². The van der Waals surface area contributed by atoms with Gasteiger partial charge in [-0.3, -0.25) is 14.7 Å². The molecule has 216 valence electrons. The fraction of sp³-hybridized carbons (Fsp3) is 0.424. The van der Waals surface area contributed by atoms with Gasteiger partial charge >= 0.3 is 0 Å². The molecule has 0 spiro atoms. The predicted molar refractivity (Wildman–Crippen MR) is 169 cm³/mol. The summed E-state index contributed by atoms with van der Waals surface area (Å²) in [6.07, 6.45) is 14.2. The van der Waals surface area contributed by atoms with E-state index < -0.39 is 0 Å². The zero-order chi connectivity index (χ0) is 29.1. The van der Waals surface area contributed by atoms with Gasteiger partial charge in [0, 0.05) is 56.7 Å². The minimum Gasteiger partial charge on any atom is -0.383 e. The largest absolute Gasteiger partial charge is 0.383 e. The van der Waals surface area contributed by atoms with Crippen LogP contribution in [0.15, 0.2) is 60.2 Å². The van der Waals surface area contributed by atoms with Crippen LogP contribution in [-0.2, 0) is 0 Å². The third-order valence-electron chi connectivity index (χ3n) is 7.72. The van der Waals surface area contributed by atoms with Crippen molar-refractivity contribution in [3.8, 4) is 0 Å². The van der Waals surface area contributed by atoms with E-state index >= 15 is 0 Å². The van der Waals surface area contributed by atoms with Gasteiger partial charge in [-0.2, -0.15) is 0 Å². The van der Waals surface area contributed by atoms with Gasteiger partial charge in [-0.05, 0) is 79.6 Å². The minimum absolute atomic E-state index is 0.207. The zero-order valence-electron chi connectivity index (χ0n) is 25.3. The Morgan fingerprint density at radius 1 is 1.12 bits per heavy atom.